The van der Waals surface area contributed by atoms with Gasteiger partial charge in [0.15, 0.2) is 0 Å². The summed E-state index contributed by atoms with van der Waals surface area (Å²) in [5.41, 5.74) is -2.03. The van der Waals surface area contributed by atoms with Crippen LogP contribution in [-0.2, 0) is 46.9 Å². The van der Waals surface area contributed by atoms with Gasteiger partial charge in [0, 0.05) is 32.9 Å². The highest BCUT2D eigenvalue weighted by Gasteiger charge is 2.53. The number of carbonyl (C=O) groups is 2. The molecule has 2 unspecified atom stereocenters. The molecular weight excluding hydrogens is 490 g/mol. The summed E-state index contributed by atoms with van der Waals surface area (Å²) in [6, 6.07) is 8.62. The van der Waals surface area contributed by atoms with Gasteiger partial charge in [0.2, 0.25) is 11.4 Å². The van der Waals surface area contributed by atoms with E-state index in [0.29, 0.717) is 12.2 Å². The standard InChI is InChI=1S/C24H33N3O8S/c1-23(2,3)35-21(29)24(13-16-32-4,20(28)34-6)19-11-14-25-22(26-19)27(36(30)31)15-12-17-7-9-18(33-5)10-8-17/h7-11,14H,12-13,15-16H2,1-6H3,(H,30,31). The summed E-state index contributed by atoms with van der Waals surface area (Å²) in [6.07, 6.45) is 1.57. The van der Waals surface area contributed by atoms with E-state index in [2.05, 4.69) is 9.97 Å². The maximum absolute atomic E-state index is 13.4. The first-order chi connectivity index (χ1) is 17.0. The van der Waals surface area contributed by atoms with E-state index in [1.807, 2.05) is 12.1 Å². The number of aromatic nitrogens is 2. The average molecular weight is 524 g/mol. The Kier molecular flexibility index (Phi) is 10.3. The molecule has 0 saturated carbocycles. The molecule has 0 saturated heterocycles. The molecule has 12 heteroatoms. The lowest BCUT2D eigenvalue weighted by Gasteiger charge is -2.32. The van der Waals surface area contributed by atoms with Crippen molar-refractivity contribution in [2.75, 3.05) is 38.8 Å². The van der Waals surface area contributed by atoms with Crippen LogP contribution in [0.5, 0.6) is 5.75 Å². The number of benzene rings is 1. The van der Waals surface area contributed by atoms with E-state index in [4.69, 9.17) is 18.9 Å². The predicted molar refractivity (Wildman–Crippen MR) is 133 cm³/mol. The molecule has 1 aromatic carbocycles. The molecule has 0 bridgehead atoms. The molecule has 2 rings (SSSR count). The van der Waals surface area contributed by atoms with Gasteiger partial charge in [-0.3, -0.25) is 14.1 Å². The number of esters is 2. The minimum atomic E-state index is -2.49. The van der Waals surface area contributed by atoms with Gasteiger partial charge in [-0.05, 0) is 51.0 Å². The fourth-order valence-electron chi connectivity index (χ4n) is 3.40. The predicted octanol–water partition coefficient (Wildman–Crippen LogP) is 2.46. The molecule has 2 aromatic rings. The quantitative estimate of drug-likeness (QED) is 0.251. The van der Waals surface area contributed by atoms with Crippen LogP contribution >= 0.6 is 0 Å². The molecule has 0 aliphatic carbocycles. The van der Waals surface area contributed by atoms with Gasteiger partial charge in [0.1, 0.15) is 11.4 Å². The van der Waals surface area contributed by atoms with Gasteiger partial charge in [-0.15, -0.1) is 0 Å². The maximum atomic E-state index is 13.4. The van der Waals surface area contributed by atoms with Crippen LogP contribution in [0.3, 0.4) is 0 Å². The first kappa shape index (κ1) is 29.1. The summed E-state index contributed by atoms with van der Waals surface area (Å²) in [5, 5.41) is 0. The van der Waals surface area contributed by atoms with E-state index in [-0.39, 0.29) is 31.2 Å². The second-order valence-corrected chi connectivity index (χ2v) is 9.72. The average Bonchev–Trinajstić information content (AvgIpc) is 2.83. The smallest absolute Gasteiger partial charge is 0.330 e. The highest BCUT2D eigenvalue weighted by atomic mass is 32.2. The van der Waals surface area contributed by atoms with Gasteiger partial charge in [-0.1, -0.05) is 12.1 Å². The molecule has 0 radical (unpaired) electrons. The van der Waals surface area contributed by atoms with Crippen LogP contribution in [0.15, 0.2) is 36.5 Å². The first-order valence-electron chi connectivity index (χ1n) is 11.1. The van der Waals surface area contributed by atoms with Crippen molar-refractivity contribution in [2.45, 2.75) is 44.6 Å². The van der Waals surface area contributed by atoms with Gasteiger partial charge >= 0.3 is 11.9 Å². The van der Waals surface area contributed by atoms with Crippen molar-refractivity contribution >= 4 is 29.2 Å². The van der Waals surface area contributed by atoms with Gasteiger partial charge in [0.05, 0.1) is 19.9 Å². The minimum Gasteiger partial charge on any atom is -0.497 e. The largest absolute Gasteiger partial charge is 0.497 e. The monoisotopic (exact) mass is 523 g/mol. The minimum absolute atomic E-state index is 0.0147. The third-order valence-corrected chi connectivity index (χ3v) is 5.94. The zero-order valence-electron chi connectivity index (χ0n) is 21.3. The van der Waals surface area contributed by atoms with Crippen LogP contribution in [0.4, 0.5) is 5.95 Å². The lowest BCUT2D eigenvalue weighted by molar-refractivity contribution is -0.172. The van der Waals surface area contributed by atoms with Gasteiger partial charge in [0.25, 0.3) is 11.3 Å². The highest BCUT2D eigenvalue weighted by molar-refractivity contribution is 7.80. The molecule has 36 heavy (non-hydrogen) atoms. The van der Waals surface area contributed by atoms with Crippen LogP contribution in [0, 0.1) is 0 Å². The number of hydrogen-bond donors (Lipinski definition) is 1. The van der Waals surface area contributed by atoms with E-state index in [9.17, 15) is 18.4 Å². The fraction of sp³-hybridized carbons (Fsp3) is 0.500. The van der Waals surface area contributed by atoms with Crippen molar-refractivity contribution < 1.29 is 37.3 Å². The van der Waals surface area contributed by atoms with Crippen molar-refractivity contribution in [1.82, 2.24) is 9.97 Å². The molecule has 1 N–H and O–H groups in total. The van der Waals surface area contributed by atoms with Crippen molar-refractivity contribution in [3.63, 3.8) is 0 Å². The van der Waals surface area contributed by atoms with Crippen LogP contribution < -0.4 is 9.04 Å². The molecule has 1 heterocycles. The van der Waals surface area contributed by atoms with Crippen LogP contribution in [-0.4, -0.2) is 70.8 Å². The molecule has 11 nitrogen and oxygen atoms in total. The maximum Gasteiger partial charge on any atom is 0.330 e. The third-order valence-electron chi connectivity index (χ3n) is 5.22. The lowest BCUT2D eigenvalue weighted by atomic mass is 9.80. The molecule has 0 amide bonds. The second-order valence-electron chi connectivity index (χ2n) is 8.81. The summed E-state index contributed by atoms with van der Waals surface area (Å²) < 4.78 is 44.1. The number of rotatable bonds is 12. The zero-order chi connectivity index (χ0) is 26.9. The van der Waals surface area contributed by atoms with E-state index in [1.165, 1.54) is 19.4 Å². The Bertz CT molecular complexity index is 1060. The number of hydrogen-bond acceptors (Lipinski definition) is 9. The fourth-order valence-corrected chi connectivity index (χ4v) is 3.87. The molecule has 0 spiro atoms. The van der Waals surface area contributed by atoms with Crippen molar-refractivity contribution in [3.8, 4) is 5.75 Å². The summed E-state index contributed by atoms with van der Waals surface area (Å²) in [6.45, 7) is 5.11. The molecule has 1 aromatic heterocycles. The second kappa shape index (κ2) is 12.7. The number of methoxy groups -OCH3 is 3. The number of nitrogens with zero attached hydrogens (tertiary/aromatic N) is 3. The highest BCUT2D eigenvalue weighted by Crippen LogP contribution is 2.33. The van der Waals surface area contributed by atoms with Gasteiger partial charge in [-0.2, -0.15) is 0 Å². The number of anilines is 1. The number of carbonyl (C=O) groups excluding carboxylic acids is 2. The molecule has 198 valence electrons. The van der Waals surface area contributed by atoms with E-state index in [0.717, 1.165) is 17.0 Å². The van der Waals surface area contributed by atoms with Crippen LogP contribution in [0.25, 0.3) is 0 Å². The Morgan fingerprint density at radius 1 is 1.06 bits per heavy atom. The van der Waals surface area contributed by atoms with Gasteiger partial charge in [-0.25, -0.2) is 18.5 Å². The summed E-state index contributed by atoms with van der Waals surface area (Å²) in [7, 11) is 4.15. The summed E-state index contributed by atoms with van der Waals surface area (Å²) >= 11 is -2.49. The number of ether oxygens (including phenoxy) is 4. The SMILES string of the molecule is COCCC(C(=O)OC)(C(=O)OC(C)(C)C)c1ccnc(N(CCc2ccc(OC)cc2)S(=O)O)n1. The molecule has 2 atom stereocenters. The summed E-state index contributed by atoms with van der Waals surface area (Å²) in [5.74, 6) is -1.22. The Balaban J connectivity index is 2.49. The third kappa shape index (κ3) is 7.21. The van der Waals surface area contributed by atoms with E-state index >= 15 is 0 Å². The first-order valence-corrected chi connectivity index (χ1v) is 12.2. The van der Waals surface area contributed by atoms with Crippen molar-refractivity contribution in [3.05, 3.63) is 47.8 Å². The Morgan fingerprint density at radius 3 is 2.25 bits per heavy atom. The van der Waals surface area contributed by atoms with Crippen molar-refractivity contribution in [1.29, 1.82) is 0 Å². The van der Waals surface area contributed by atoms with Crippen LogP contribution in [0.1, 0.15) is 38.4 Å². The zero-order valence-corrected chi connectivity index (χ0v) is 22.2. The van der Waals surface area contributed by atoms with E-state index < -0.39 is 34.2 Å². The van der Waals surface area contributed by atoms with E-state index in [1.54, 1.807) is 40.0 Å². The molecule has 0 aliphatic rings. The Morgan fingerprint density at radius 2 is 1.72 bits per heavy atom. The Labute approximate surface area is 213 Å². The topological polar surface area (TPSA) is 137 Å². The van der Waals surface area contributed by atoms with Gasteiger partial charge < -0.3 is 18.9 Å². The van der Waals surface area contributed by atoms with Crippen LogP contribution in [0.2, 0.25) is 0 Å². The Hall–Kier alpha value is -3.09. The lowest BCUT2D eigenvalue weighted by Crippen LogP contribution is -2.49. The molecule has 0 fully saturated rings. The normalized spacial score (nSPS) is 13.9. The van der Waals surface area contributed by atoms with Crippen molar-refractivity contribution in [2.24, 2.45) is 0 Å². The molecular formula is C24H33N3O8S. The summed E-state index contributed by atoms with van der Waals surface area (Å²) in [4.78, 5) is 35.0. The molecule has 0 aliphatic heterocycles.